The monoisotopic (exact) mass is 413 g/mol. The zero-order chi connectivity index (χ0) is 18.9. The fourth-order valence-electron chi connectivity index (χ4n) is 3.57. The summed E-state index contributed by atoms with van der Waals surface area (Å²) < 4.78 is 12.8. The molecule has 1 aliphatic carbocycles. The Balaban J connectivity index is 1.24. The number of ether oxygens (including phenoxy) is 2. The van der Waals surface area contributed by atoms with Gasteiger partial charge in [0.25, 0.3) is 0 Å². The van der Waals surface area contributed by atoms with Gasteiger partial charge in [-0.25, -0.2) is 9.97 Å². The number of anilines is 1. The van der Waals surface area contributed by atoms with E-state index >= 15 is 0 Å². The number of thiazole rings is 1. The van der Waals surface area contributed by atoms with Crippen molar-refractivity contribution in [2.24, 2.45) is 0 Å². The van der Waals surface area contributed by atoms with E-state index in [-0.39, 0.29) is 6.10 Å². The smallest absolute Gasteiger partial charge is 0.222 e. The molecule has 1 saturated carbocycles. The summed E-state index contributed by atoms with van der Waals surface area (Å²) in [4.78, 5) is 9.09. The highest BCUT2D eigenvalue weighted by Crippen LogP contribution is 2.35. The quantitative estimate of drug-likeness (QED) is 0.585. The zero-order valence-corrected chi connectivity index (χ0v) is 16.8. The van der Waals surface area contributed by atoms with E-state index in [1.165, 1.54) is 10.3 Å². The highest BCUT2D eigenvalue weighted by molar-refractivity contribution is 7.22. The van der Waals surface area contributed by atoms with Crippen LogP contribution in [0, 0.1) is 0 Å². The minimum Gasteiger partial charge on any atom is -0.474 e. The van der Waals surface area contributed by atoms with E-state index in [2.05, 4.69) is 27.4 Å². The molecule has 0 saturated heterocycles. The van der Waals surface area contributed by atoms with Crippen LogP contribution < -0.4 is 10.1 Å². The van der Waals surface area contributed by atoms with Gasteiger partial charge in [-0.15, -0.1) is 0 Å². The molecule has 2 aliphatic rings. The van der Waals surface area contributed by atoms with Crippen LogP contribution in [0.25, 0.3) is 15.8 Å². The van der Waals surface area contributed by atoms with Crippen LogP contribution in [0.2, 0.25) is 5.15 Å². The highest BCUT2D eigenvalue weighted by Gasteiger charge is 2.32. The van der Waals surface area contributed by atoms with Gasteiger partial charge < -0.3 is 14.8 Å². The molecule has 0 unspecified atom stereocenters. The summed E-state index contributed by atoms with van der Waals surface area (Å²) in [7, 11) is 0. The molecule has 144 valence electrons. The molecular formula is C21H20ClN3O2S. The summed E-state index contributed by atoms with van der Waals surface area (Å²) in [5, 5.41) is 4.95. The Hall–Kier alpha value is -2.15. The van der Waals surface area contributed by atoms with Gasteiger partial charge in [0.1, 0.15) is 11.3 Å². The number of benzene rings is 1. The molecule has 2 aromatic heterocycles. The van der Waals surface area contributed by atoms with E-state index in [1.807, 2.05) is 30.3 Å². The number of halogens is 1. The molecule has 1 fully saturated rings. The molecular weight excluding hydrogens is 394 g/mol. The predicted molar refractivity (Wildman–Crippen MR) is 113 cm³/mol. The molecule has 0 radical (unpaired) electrons. The first-order valence-electron chi connectivity index (χ1n) is 9.47. The second kappa shape index (κ2) is 7.70. The van der Waals surface area contributed by atoms with Gasteiger partial charge in [0.2, 0.25) is 5.88 Å². The van der Waals surface area contributed by atoms with Crippen molar-refractivity contribution in [2.75, 3.05) is 18.5 Å². The van der Waals surface area contributed by atoms with Crippen molar-refractivity contribution in [3.63, 3.8) is 0 Å². The second-order valence-electron chi connectivity index (χ2n) is 7.08. The first-order valence-corrected chi connectivity index (χ1v) is 10.7. The van der Waals surface area contributed by atoms with E-state index in [9.17, 15) is 0 Å². The topological polar surface area (TPSA) is 56.3 Å². The minimum absolute atomic E-state index is 0.136. The third kappa shape index (κ3) is 3.72. The lowest BCUT2D eigenvalue weighted by Crippen LogP contribution is -2.42. The van der Waals surface area contributed by atoms with Crippen molar-refractivity contribution in [1.29, 1.82) is 0 Å². The second-order valence-corrected chi connectivity index (χ2v) is 8.50. The fraction of sp³-hybridized carbons (Fsp3) is 0.333. The lowest BCUT2D eigenvalue weighted by molar-refractivity contribution is 0.102. The first kappa shape index (κ1) is 17.9. The summed E-state index contributed by atoms with van der Waals surface area (Å²) >= 11 is 7.81. The number of rotatable bonds is 5. The Morgan fingerprint density at radius 3 is 2.86 bits per heavy atom. The predicted octanol–water partition coefficient (Wildman–Crippen LogP) is 5.17. The Bertz CT molecular complexity index is 996. The van der Waals surface area contributed by atoms with E-state index in [0.717, 1.165) is 42.1 Å². The van der Waals surface area contributed by atoms with E-state index in [4.69, 9.17) is 21.1 Å². The van der Waals surface area contributed by atoms with Crippen LogP contribution in [0.15, 0.2) is 42.5 Å². The largest absolute Gasteiger partial charge is 0.474 e. The van der Waals surface area contributed by atoms with Gasteiger partial charge in [0.05, 0.1) is 23.4 Å². The molecule has 0 bridgehead atoms. The van der Waals surface area contributed by atoms with Gasteiger partial charge in [0.15, 0.2) is 5.13 Å². The number of nitrogens with one attached hydrogen (secondary N) is 1. The molecule has 0 atom stereocenters. The maximum Gasteiger partial charge on any atom is 0.222 e. The Morgan fingerprint density at radius 1 is 1.14 bits per heavy atom. The molecule has 1 N–H and O–H groups in total. The number of pyridine rings is 1. The van der Waals surface area contributed by atoms with Crippen LogP contribution in [0.3, 0.4) is 0 Å². The maximum absolute atomic E-state index is 6.21. The van der Waals surface area contributed by atoms with Gasteiger partial charge >= 0.3 is 0 Å². The Kier molecular flexibility index (Phi) is 4.93. The standard InChI is InChI=1S/C21H20ClN3O2S/c22-19-6-5-16(13-7-9-26-10-8-13)20(25-19)27-15-11-14(12-15)23-21-24-17-3-1-2-4-18(17)28-21/h1-7,14-15H,8-12H2,(H,23,24)/t14-,15-. The average molecular weight is 414 g/mol. The van der Waals surface area contributed by atoms with Crippen molar-refractivity contribution >= 4 is 43.9 Å². The zero-order valence-electron chi connectivity index (χ0n) is 15.2. The van der Waals surface area contributed by atoms with Gasteiger partial charge in [-0.3, -0.25) is 0 Å². The normalized spacial score (nSPS) is 21.8. The summed E-state index contributed by atoms with van der Waals surface area (Å²) in [5.74, 6) is 0.629. The van der Waals surface area contributed by atoms with Gasteiger partial charge in [-0.05, 0) is 36.3 Å². The number of hydrogen-bond donors (Lipinski definition) is 1. The third-order valence-corrected chi connectivity index (χ3v) is 6.31. The summed E-state index contributed by atoms with van der Waals surface area (Å²) in [6, 6.07) is 12.4. The number of fused-ring (bicyclic) bond motifs is 1. The number of aromatic nitrogens is 2. The number of nitrogens with zero attached hydrogens (tertiary/aromatic N) is 2. The Morgan fingerprint density at radius 2 is 2.04 bits per heavy atom. The molecule has 3 heterocycles. The number of para-hydroxylation sites is 1. The van der Waals surface area contributed by atoms with Crippen LogP contribution in [0.5, 0.6) is 5.88 Å². The SMILES string of the molecule is Clc1ccc(C2=CCOCC2)c(O[C@H]2C[C@H](Nc3nc4ccccc4s3)C2)n1. The third-order valence-electron chi connectivity index (χ3n) is 5.13. The number of hydrogen-bond acceptors (Lipinski definition) is 6. The molecule has 28 heavy (non-hydrogen) atoms. The molecule has 3 aromatic rings. The highest BCUT2D eigenvalue weighted by atomic mass is 35.5. The van der Waals surface area contributed by atoms with Crippen molar-refractivity contribution in [1.82, 2.24) is 9.97 Å². The van der Waals surface area contributed by atoms with E-state index < -0.39 is 0 Å². The van der Waals surface area contributed by atoms with Gasteiger partial charge in [-0.1, -0.05) is 41.1 Å². The lowest BCUT2D eigenvalue weighted by atomic mass is 9.89. The van der Waals surface area contributed by atoms with Gasteiger partial charge in [0, 0.05) is 24.4 Å². The lowest BCUT2D eigenvalue weighted by Gasteiger charge is -2.35. The van der Waals surface area contributed by atoms with Crippen LogP contribution in [0.1, 0.15) is 24.8 Å². The van der Waals surface area contributed by atoms with E-state index in [0.29, 0.717) is 23.7 Å². The van der Waals surface area contributed by atoms with Crippen molar-refractivity contribution in [2.45, 2.75) is 31.4 Å². The minimum atomic E-state index is 0.136. The summed E-state index contributed by atoms with van der Waals surface area (Å²) in [6.07, 6.45) is 4.94. The van der Waals surface area contributed by atoms with Crippen molar-refractivity contribution < 1.29 is 9.47 Å². The molecule has 5 nitrogen and oxygen atoms in total. The Labute approximate surface area is 172 Å². The van der Waals surface area contributed by atoms with E-state index in [1.54, 1.807) is 11.3 Å². The fourth-order valence-corrected chi connectivity index (χ4v) is 4.65. The van der Waals surface area contributed by atoms with Crippen LogP contribution in [0.4, 0.5) is 5.13 Å². The first-order chi connectivity index (χ1) is 13.7. The summed E-state index contributed by atoms with van der Waals surface area (Å²) in [6.45, 7) is 1.36. The molecule has 1 aliphatic heterocycles. The van der Waals surface area contributed by atoms with Crippen LogP contribution in [-0.4, -0.2) is 35.3 Å². The van der Waals surface area contributed by atoms with Crippen LogP contribution in [-0.2, 0) is 4.74 Å². The summed E-state index contributed by atoms with van der Waals surface area (Å²) in [5.41, 5.74) is 3.28. The van der Waals surface area contributed by atoms with Gasteiger partial charge in [-0.2, -0.15) is 0 Å². The molecule has 0 spiro atoms. The molecule has 5 rings (SSSR count). The van der Waals surface area contributed by atoms with Crippen molar-refractivity contribution in [3.8, 4) is 5.88 Å². The molecule has 1 aromatic carbocycles. The molecule has 0 amide bonds. The maximum atomic E-state index is 6.21. The molecule has 7 heteroatoms. The van der Waals surface area contributed by atoms with Crippen molar-refractivity contribution in [3.05, 3.63) is 53.2 Å². The van der Waals surface area contributed by atoms with Crippen LogP contribution >= 0.6 is 22.9 Å². The average Bonchev–Trinajstić information content (AvgIpc) is 3.10.